The van der Waals surface area contributed by atoms with Crippen LogP contribution in [0.2, 0.25) is 0 Å². The molecular weight excluding hydrogens is 394 g/mol. The molecule has 1 N–H and O–H groups in total. The van der Waals surface area contributed by atoms with Gasteiger partial charge >= 0.3 is 0 Å². The molecule has 2 rings (SSSR count). The number of halogens is 1. The van der Waals surface area contributed by atoms with Crippen molar-refractivity contribution >= 4 is 51.6 Å². The highest BCUT2D eigenvalue weighted by Gasteiger charge is 2.33. The average molecular weight is 420 g/mol. The molecule has 1 saturated heterocycles. The summed E-state index contributed by atoms with van der Waals surface area (Å²) in [4.78, 5) is 28.2. The summed E-state index contributed by atoms with van der Waals surface area (Å²) >= 11 is 8.79. The highest BCUT2D eigenvalue weighted by atomic mass is 35.5. The van der Waals surface area contributed by atoms with Gasteiger partial charge in [0, 0.05) is 38.1 Å². The molecule has 1 aliphatic heterocycles. The van der Waals surface area contributed by atoms with Crippen molar-refractivity contribution in [1.29, 1.82) is 0 Å². The van der Waals surface area contributed by atoms with Gasteiger partial charge in [0.25, 0.3) is 0 Å². The van der Waals surface area contributed by atoms with Crippen molar-refractivity contribution in [3.05, 3.63) is 0 Å². The van der Waals surface area contributed by atoms with Crippen LogP contribution in [0, 0.1) is 5.41 Å². The van der Waals surface area contributed by atoms with Gasteiger partial charge in [0.05, 0.1) is 11.2 Å². The Balaban J connectivity index is 1.84. The fraction of sp³-hybridized carbons (Fsp3) is 0.750. The molecule has 0 atom stereocenters. The van der Waals surface area contributed by atoms with Crippen molar-refractivity contribution in [2.45, 2.75) is 38.1 Å². The molecule has 7 nitrogen and oxygen atoms in total. The Labute approximate surface area is 167 Å². The second-order valence-electron chi connectivity index (χ2n) is 7.16. The zero-order chi connectivity index (χ0) is 19.3. The maximum Gasteiger partial charge on any atom is 0.230 e. The third-order valence-corrected chi connectivity index (χ3v) is 6.71. The second-order valence-corrected chi connectivity index (χ2v) is 9.60. The highest BCUT2D eigenvalue weighted by molar-refractivity contribution is 8.01. The summed E-state index contributed by atoms with van der Waals surface area (Å²) < 4.78 is 0.778. The van der Waals surface area contributed by atoms with Gasteiger partial charge in [-0.3, -0.25) is 9.59 Å². The summed E-state index contributed by atoms with van der Waals surface area (Å²) in [6.07, 6.45) is 0. The minimum Gasteiger partial charge on any atom is -0.353 e. The Hall–Kier alpha value is -1.06. The lowest BCUT2D eigenvalue weighted by molar-refractivity contribution is -0.139. The molecule has 26 heavy (non-hydrogen) atoms. The molecule has 1 aromatic rings. The molecule has 1 aliphatic rings. The lowest BCUT2D eigenvalue weighted by Crippen LogP contribution is -2.52. The summed E-state index contributed by atoms with van der Waals surface area (Å²) in [5.74, 6) is 0.739. The number of alkyl halides is 1. The molecule has 2 amide bonds. The molecule has 1 aromatic heterocycles. The van der Waals surface area contributed by atoms with Crippen molar-refractivity contribution in [1.82, 2.24) is 20.4 Å². The minimum atomic E-state index is -0.535. The molecule has 0 saturated carbocycles. The quantitative estimate of drug-likeness (QED) is 0.538. The van der Waals surface area contributed by atoms with E-state index in [4.69, 9.17) is 11.6 Å². The minimum absolute atomic E-state index is 0.00390. The maximum absolute atomic E-state index is 12.5. The van der Waals surface area contributed by atoms with Gasteiger partial charge in [0.1, 0.15) is 0 Å². The van der Waals surface area contributed by atoms with Crippen molar-refractivity contribution in [3.8, 4) is 0 Å². The smallest absolute Gasteiger partial charge is 0.230 e. The van der Waals surface area contributed by atoms with E-state index >= 15 is 0 Å². The van der Waals surface area contributed by atoms with E-state index in [2.05, 4.69) is 20.4 Å². The highest BCUT2D eigenvalue weighted by Crippen LogP contribution is 2.29. The first-order valence-electron chi connectivity index (χ1n) is 8.59. The molecule has 0 aliphatic carbocycles. The number of nitrogens with one attached hydrogen (secondary N) is 1. The number of carbonyl (C=O) groups is 2. The van der Waals surface area contributed by atoms with Crippen molar-refractivity contribution in [2.75, 3.05) is 42.7 Å². The number of hydrogen-bond acceptors (Lipinski definition) is 7. The van der Waals surface area contributed by atoms with Gasteiger partial charge in [0.15, 0.2) is 4.34 Å². The van der Waals surface area contributed by atoms with Gasteiger partial charge in [-0.2, -0.15) is 0 Å². The van der Waals surface area contributed by atoms with Crippen LogP contribution in [0.15, 0.2) is 4.34 Å². The van der Waals surface area contributed by atoms with E-state index in [0.717, 1.165) is 22.6 Å². The predicted molar refractivity (Wildman–Crippen MR) is 107 cm³/mol. The van der Waals surface area contributed by atoms with E-state index < -0.39 is 5.41 Å². The zero-order valence-corrected chi connectivity index (χ0v) is 18.0. The Kier molecular flexibility index (Phi) is 7.54. The first-order valence-corrected chi connectivity index (χ1v) is 10.9. The summed E-state index contributed by atoms with van der Waals surface area (Å²) in [5.41, 5.74) is -0.535. The largest absolute Gasteiger partial charge is 0.353 e. The van der Waals surface area contributed by atoms with E-state index in [-0.39, 0.29) is 17.9 Å². The number of anilines is 1. The number of nitrogens with zero attached hydrogens (tertiary/aromatic N) is 4. The molecule has 10 heteroatoms. The summed E-state index contributed by atoms with van der Waals surface area (Å²) in [5, 5.41) is 12.1. The predicted octanol–water partition coefficient (Wildman–Crippen LogP) is 2.07. The number of piperazine rings is 1. The Morgan fingerprint density at radius 1 is 1.27 bits per heavy atom. The lowest BCUT2D eigenvalue weighted by atomic mass is 9.94. The third kappa shape index (κ3) is 5.72. The van der Waals surface area contributed by atoms with Gasteiger partial charge in [0.2, 0.25) is 16.9 Å². The van der Waals surface area contributed by atoms with Crippen LogP contribution in [0.25, 0.3) is 0 Å². The Bertz CT molecular complexity index is 630. The molecule has 1 fully saturated rings. The molecule has 0 unspecified atom stereocenters. The van der Waals surface area contributed by atoms with Gasteiger partial charge in [-0.1, -0.05) is 23.1 Å². The van der Waals surface area contributed by atoms with E-state index in [1.165, 1.54) is 23.1 Å². The fourth-order valence-electron chi connectivity index (χ4n) is 2.47. The monoisotopic (exact) mass is 419 g/mol. The van der Waals surface area contributed by atoms with Gasteiger partial charge in [-0.15, -0.1) is 21.8 Å². The third-order valence-electron chi connectivity index (χ3n) is 3.92. The molecule has 0 spiro atoms. The molecule has 146 valence electrons. The Morgan fingerprint density at radius 2 is 1.92 bits per heavy atom. The number of hydrogen-bond donors (Lipinski definition) is 1. The first-order chi connectivity index (χ1) is 12.2. The molecular formula is C16H26ClN5O2S2. The van der Waals surface area contributed by atoms with E-state index in [0.29, 0.717) is 24.7 Å². The summed E-state index contributed by atoms with van der Waals surface area (Å²) in [7, 11) is 0. The summed E-state index contributed by atoms with van der Waals surface area (Å²) in [6, 6.07) is 0.135. The molecule has 0 aromatic carbocycles. The van der Waals surface area contributed by atoms with Crippen LogP contribution in [0.1, 0.15) is 27.7 Å². The standard InChI is InChI=1S/C16H26ClN5O2S2/c1-11(2)18-12(23)9-25-15-20-19-14(26-15)22-7-5-21(6-8-22)13(24)16(3,4)10-17/h11H,5-10H2,1-4H3,(H,18,23). The van der Waals surface area contributed by atoms with E-state index in [1.807, 2.05) is 32.6 Å². The fourth-order valence-corrected chi connectivity index (χ4v) is 4.28. The Morgan fingerprint density at radius 3 is 2.50 bits per heavy atom. The SMILES string of the molecule is CC(C)NC(=O)CSc1nnc(N2CCN(C(=O)C(C)(C)CCl)CC2)s1. The second kappa shape index (κ2) is 9.23. The van der Waals surface area contributed by atoms with Crippen LogP contribution in [-0.4, -0.2) is 70.8 Å². The lowest BCUT2D eigenvalue weighted by Gasteiger charge is -2.37. The van der Waals surface area contributed by atoms with E-state index in [1.54, 1.807) is 0 Å². The molecule has 0 bridgehead atoms. The van der Waals surface area contributed by atoms with Crippen molar-refractivity contribution < 1.29 is 9.59 Å². The van der Waals surface area contributed by atoms with Gasteiger partial charge in [-0.05, 0) is 27.7 Å². The van der Waals surface area contributed by atoms with Crippen molar-refractivity contribution in [2.24, 2.45) is 5.41 Å². The van der Waals surface area contributed by atoms with Crippen LogP contribution < -0.4 is 10.2 Å². The normalized spacial score (nSPS) is 15.5. The topological polar surface area (TPSA) is 78.4 Å². The van der Waals surface area contributed by atoms with Crippen LogP contribution >= 0.6 is 34.7 Å². The number of carbonyl (C=O) groups excluding carboxylic acids is 2. The molecule has 0 radical (unpaired) electrons. The maximum atomic E-state index is 12.5. The van der Waals surface area contributed by atoms with Gasteiger partial charge < -0.3 is 15.1 Å². The van der Waals surface area contributed by atoms with Crippen LogP contribution in [0.3, 0.4) is 0 Å². The number of rotatable bonds is 7. The zero-order valence-electron chi connectivity index (χ0n) is 15.6. The van der Waals surface area contributed by atoms with Gasteiger partial charge in [-0.25, -0.2) is 0 Å². The van der Waals surface area contributed by atoms with Crippen LogP contribution in [-0.2, 0) is 9.59 Å². The number of thioether (sulfide) groups is 1. The van der Waals surface area contributed by atoms with Crippen LogP contribution in [0.4, 0.5) is 5.13 Å². The number of amides is 2. The van der Waals surface area contributed by atoms with E-state index in [9.17, 15) is 9.59 Å². The molecule has 2 heterocycles. The number of aromatic nitrogens is 2. The van der Waals surface area contributed by atoms with Crippen LogP contribution in [0.5, 0.6) is 0 Å². The first kappa shape index (κ1) is 21.2. The average Bonchev–Trinajstić information content (AvgIpc) is 3.08. The van der Waals surface area contributed by atoms with Crippen molar-refractivity contribution in [3.63, 3.8) is 0 Å². The summed E-state index contributed by atoms with van der Waals surface area (Å²) in [6.45, 7) is 10.4.